The van der Waals surface area contributed by atoms with Gasteiger partial charge in [0, 0.05) is 25.7 Å². The molecule has 0 saturated carbocycles. The minimum absolute atomic E-state index is 0.00408. The Morgan fingerprint density at radius 3 is 1.64 bits per heavy atom. The summed E-state index contributed by atoms with van der Waals surface area (Å²) in [4.78, 5) is 11.9. The number of hydrogen-bond acceptors (Lipinski definition) is 7. The SMILES string of the molecule is COc1ccc(C(OCC(CNC(=O)C(F)(F)F)OP(OC)N(C(C)C)C(C)C)(c2ccccc2)c2ccc(OC)cc2)cc1. The van der Waals surface area contributed by atoms with Crippen LogP contribution in [0.15, 0.2) is 78.9 Å². The summed E-state index contributed by atoms with van der Waals surface area (Å²) in [7, 11) is 2.89. The Morgan fingerprint density at radius 1 is 0.778 bits per heavy atom. The highest BCUT2D eigenvalue weighted by Gasteiger charge is 2.41. The quantitative estimate of drug-likeness (QED) is 0.131. The fraction of sp³-hybridized carbons (Fsp3) is 0.424. The van der Waals surface area contributed by atoms with Gasteiger partial charge in [0.05, 0.1) is 20.8 Å². The second-order valence-electron chi connectivity index (χ2n) is 10.7. The fourth-order valence-electron chi connectivity index (χ4n) is 5.02. The van der Waals surface area contributed by atoms with Gasteiger partial charge in [-0.2, -0.15) is 13.2 Å². The molecule has 1 N–H and O–H groups in total. The normalized spacial score (nSPS) is 13.6. The van der Waals surface area contributed by atoms with E-state index in [2.05, 4.69) is 0 Å². The molecule has 1 amide bonds. The Labute approximate surface area is 264 Å². The minimum Gasteiger partial charge on any atom is -0.497 e. The smallest absolute Gasteiger partial charge is 0.471 e. The van der Waals surface area contributed by atoms with E-state index in [0.29, 0.717) is 11.5 Å². The van der Waals surface area contributed by atoms with E-state index in [-0.39, 0.29) is 18.7 Å². The average molecular weight is 651 g/mol. The minimum atomic E-state index is -5.06. The van der Waals surface area contributed by atoms with E-state index < -0.39 is 38.9 Å². The van der Waals surface area contributed by atoms with Crippen molar-refractivity contribution < 1.29 is 41.2 Å². The van der Waals surface area contributed by atoms with Crippen LogP contribution in [0.1, 0.15) is 44.4 Å². The lowest BCUT2D eigenvalue weighted by atomic mass is 9.80. The monoisotopic (exact) mass is 650 g/mol. The van der Waals surface area contributed by atoms with E-state index in [9.17, 15) is 18.0 Å². The zero-order valence-electron chi connectivity index (χ0n) is 26.6. The molecule has 0 saturated heterocycles. The van der Waals surface area contributed by atoms with Crippen LogP contribution in [0.3, 0.4) is 0 Å². The summed E-state index contributed by atoms with van der Waals surface area (Å²) < 4.78 is 71.3. The van der Waals surface area contributed by atoms with E-state index in [1.54, 1.807) is 14.2 Å². The average Bonchev–Trinajstić information content (AvgIpc) is 3.03. The Kier molecular flexibility index (Phi) is 13.2. The highest BCUT2D eigenvalue weighted by atomic mass is 31.2. The molecule has 0 aromatic heterocycles. The van der Waals surface area contributed by atoms with Crippen LogP contribution in [0.2, 0.25) is 0 Å². The molecule has 0 aliphatic heterocycles. The number of amides is 1. The van der Waals surface area contributed by atoms with Gasteiger partial charge in [-0.1, -0.05) is 54.6 Å². The molecular weight excluding hydrogens is 608 g/mol. The Bertz CT molecular complexity index is 1270. The zero-order chi connectivity index (χ0) is 33.2. The lowest BCUT2D eigenvalue weighted by molar-refractivity contribution is -0.174. The molecule has 0 fully saturated rings. The van der Waals surface area contributed by atoms with Crippen molar-refractivity contribution in [3.63, 3.8) is 0 Å². The van der Waals surface area contributed by atoms with Gasteiger partial charge in [-0.25, -0.2) is 4.67 Å². The molecule has 2 unspecified atom stereocenters. The number of ether oxygens (including phenoxy) is 3. The van der Waals surface area contributed by atoms with Crippen LogP contribution in [0.5, 0.6) is 11.5 Å². The summed E-state index contributed by atoms with van der Waals surface area (Å²) in [5, 5.41) is 1.97. The second kappa shape index (κ2) is 16.4. The highest BCUT2D eigenvalue weighted by Crippen LogP contribution is 2.47. The van der Waals surface area contributed by atoms with E-state index >= 15 is 0 Å². The molecule has 3 aromatic rings. The van der Waals surface area contributed by atoms with Gasteiger partial charge in [-0.3, -0.25) is 4.79 Å². The van der Waals surface area contributed by atoms with Crippen molar-refractivity contribution in [2.45, 2.75) is 57.7 Å². The first kappa shape index (κ1) is 36.3. The van der Waals surface area contributed by atoms with Crippen molar-refractivity contribution >= 4 is 14.4 Å². The Morgan fingerprint density at radius 2 is 1.24 bits per heavy atom. The van der Waals surface area contributed by atoms with Crippen molar-refractivity contribution in [2.24, 2.45) is 0 Å². The number of nitrogens with one attached hydrogen (secondary N) is 1. The van der Waals surface area contributed by atoms with Crippen LogP contribution >= 0.6 is 8.53 Å². The number of carbonyl (C=O) groups excluding carboxylic acids is 1. The zero-order valence-corrected chi connectivity index (χ0v) is 27.5. The molecule has 12 heteroatoms. The summed E-state index contributed by atoms with van der Waals surface area (Å²) in [5.41, 5.74) is 0.981. The van der Waals surface area contributed by atoms with Crippen molar-refractivity contribution in [2.75, 3.05) is 34.5 Å². The van der Waals surface area contributed by atoms with E-state index in [4.69, 9.17) is 23.3 Å². The molecule has 0 bridgehead atoms. The van der Waals surface area contributed by atoms with Gasteiger partial charge < -0.3 is 28.6 Å². The number of methoxy groups -OCH3 is 2. The topological polar surface area (TPSA) is 78.5 Å². The first-order valence-electron chi connectivity index (χ1n) is 14.5. The summed E-state index contributed by atoms with van der Waals surface area (Å²) in [6.45, 7) is 7.22. The van der Waals surface area contributed by atoms with Crippen LogP contribution < -0.4 is 14.8 Å². The number of carbonyl (C=O) groups is 1. The summed E-state index contributed by atoms with van der Waals surface area (Å²) in [6, 6.07) is 24.2. The molecule has 0 radical (unpaired) electrons. The van der Waals surface area contributed by atoms with E-state index in [0.717, 1.165) is 16.7 Å². The molecule has 2 atom stereocenters. The van der Waals surface area contributed by atoms with Crippen LogP contribution in [0.25, 0.3) is 0 Å². The lowest BCUT2D eigenvalue weighted by Gasteiger charge is -2.39. The van der Waals surface area contributed by atoms with E-state index in [1.807, 2.05) is 117 Å². The van der Waals surface area contributed by atoms with E-state index in [1.165, 1.54) is 7.11 Å². The van der Waals surface area contributed by atoms with Gasteiger partial charge in [-0.15, -0.1) is 0 Å². The number of alkyl halides is 3. The Balaban J connectivity index is 2.13. The first-order valence-corrected chi connectivity index (χ1v) is 15.6. The molecule has 3 aromatic carbocycles. The second-order valence-corrected chi connectivity index (χ2v) is 12.3. The van der Waals surface area contributed by atoms with Gasteiger partial charge in [0.2, 0.25) is 0 Å². The molecular formula is C33H42F3N2O6P. The maximum absolute atomic E-state index is 13.2. The maximum atomic E-state index is 13.2. The van der Waals surface area contributed by atoms with Crippen LogP contribution in [-0.2, 0) is 24.2 Å². The standard InChI is InChI=1S/C33H42F3N2O6P/c1-23(2)38(24(3)4)45(42-7)44-30(21-37-31(39)33(34,35)36)22-43-32(25-11-9-8-10-12-25,26-13-17-28(40-5)18-14-26)27-15-19-29(41-6)20-16-27/h8-20,23-24,30H,21-22H2,1-7H3,(H,37,39). The van der Waals surface area contributed by atoms with Gasteiger partial charge in [-0.05, 0) is 68.7 Å². The maximum Gasteiger partial charge on any atom is 0.471 e. The largest absolute Gasteiger partial charge is 0.497 e. The van der Waals surface area contributed by atoms with Crippen molar-refractivity contribution in [3.05, 3.63) is 95.6 Å². The number of nitrogens with zero attached hydrogens (tertiary/aromatic N) is 1. The molecule has 0 heterocycles. The number of halogens is 3. The highest BCUT2D eigenvalue weighted by molar-refractivity contribution is 7.44. The molecule has 0 aliphatic rings. The predicted molar refractivity (Wildman–Crippen MR) is 168 cm³/mol. The van der Waals surface area contributed by atoms with Gasteiger partial charge in [0.15, 0.2) is 0 Å². The fourth-order valence-corrected chi connectivity index (χ4v) is 6.55. The third-order valence-corrected chi connectivity index (χ3v) is 9.14. The van der Waals surface area contributed by atoms with Crippen LogP contribution in [-0.4, -0.2) is 69.4 Å². The first-order chi connectivity index (χ1) is 21.4. The van der Waals surface area contributed by atoms with Gasteiger partial charge in [0.1, 0.15) is 23.2 Å². The van der Waals surface area contributed by atoms with Crippen molar-refractivity contribution in [1.29, 1.82) is 0 Å². The van der Waals surface area contributed by atoms with Crippen molar-refractivity contribution in [3.8, 4) is 11.5 Å². The summed E-state index contributed by atoms with van der Waals surface area (Å²) >= 11 is 0. The molecule has 0 spiro atoms. The lowest BCUT2D eigenvalue weighted by Crippen LogP contribution is -2.45. The van der Waals surface area contributed by atoms with Gasteiger partial charge >= 0.3 is 12.1 Å². The predicted octanol–water partition coefficient (Wildman–Crippen LogP) is 7.07. The van der Waals surface area contributed by atoms with Crippen molar-refractivity contribution in [1.82, 2.24) is 9.99 Å². The van der Waals surface area contributed by atoms with Crippen LogP contribution in [0.4, 0.5) is 13.2 Å². The molecule has 246 valence electrons. The Hall–Kier alpha value is -3.21. The molecule has 0 aliphatic carbocycles. The molecule has 8 nitrogen and oxygen atoms in total. The van der Waals surface area contributed by atoms with Crippen LogP contribution in [0, 0.1) is 0 Å². The number of hydrogen-bond donors (Lipinski definition) is 1. The number of benzene rings is 3. The third-order valence-electron chi connectivity index (χ3n) is 7.05. The third kappa shape index (κ3) is 9.17. The summed E-state index contributed by atoms with van der Waals surface area (Å²) in [5.74, 6) is -0.790. The molecule has 45 heavy (non-hydrogen) atoms. The molecule has 3 rings (SSSR count). The number of rotatable bonds is 16. The summed E-state index contributed by atoms with van der Waals surface area (Å²) in [6.07, 6.45) is -6.08. The van der Waals surface area contributed by atoms with Gasteiger partial charge in [0.25, 0.3) is 8.53 Å².